The molecule has 0 aromatic heterocycles. The number of halogens is 2. The number of hydrogen-bond acceptors (Lipinski definition) is 2. The van der Waals surface area contributed by atoms with Gasteiger partial charge in [0.25, 0.3) is 5.24 Å². The molecule has 0 heterocycles. The molecule has 0 radical (unpaired) electrons. The molecule has 0 spiro atoms. The van der Waals surface area contributed by atoms with Crippen molar-refractivity contribution in [2.75, 3.05) is 0 Å². The fourth-order valence-corrected chi connectivity index (χ4v) is 1.30. The summed E-state index contributed by atoms with van der Waals surface area (Å²) in [6.45, 7) is 0. The molecule has 11 heavy (non-hydrogen) atoms. The average Bonchev–Trinajstić information content (AvgIpc) is 1.94. The van der Waals surface area contributed by atoms with E-state index >= 15 is 0 Å². The van der Waals surface area contributed by atoms with Crippen LogP contribution < -0.4 is 0 Å². The highest BCUT2D eigenvalue weighted by atomic mass is 35.5. The molecule has 0 aliphatic rings. The maximum atomic E-state index is 10.7. The van der Waals surface area contributed by atoms with Crippen molar-refractivity contribution in [3.63, 3.8) is 0 Å². The van der Waals surface area contributed by atoms with E-state index in [4.69, 9.17) is 23.2 Å². The minimum atomic E-state index is -0.564. The standard InChI is InChI=1S/C7H4Cl2OS/c8-6-4(7(9)10)2-1-3-5(6)11/h1-3,11H. The number of rotatable bonds is 1. The number of hydrogen-bond donors (Lipinski definition) is 1. The molecule has 1 aromatic rings. The largest absolute Gasteiger partial charge is 0.276 e. The lowest BCUT2D eigenvalue weighted by atomic mass is 10.2. The van der Waals surface area contributed by atoms with E-state index in [0.717, 1.165) is 0 Å². The summed E-state index contributed by atoms with van der Waals surface area (Å²) >= 11 is 14.9. The smallest absolute Gasteiger partial charge is 0.253 e. The molecule has 58 valence electrons. The van der Waals surface area contributed by atoms with E-state index in [1.54, 1.807) is 18.2 Å². The van der Waals surface area contributed by atoms with Gasteiger partial charge in [0.1, 0.15) is 0 Å². The molecular formula is C7H4Cl2OS. The van der Waals surface area contributed by atoms with Crippen molar-refractivity contribution in [3.8, 4) is 0 Å². The Kier molecular flexibility index (Phi) is 2.82. The highest BCUT2D eigenvalue weighted by Crippen LogP contribution is 2.24. The van der Waals surface area contributed by atoms with Gasteiger partial charge in [0.15, 0.2) is 0 Å². The van der Waals surface area contributed by atoms with Crippen molar-refractivity contribution in [2.24, 2.45) is 0 Å². The summed E-state index contributed by atoms with van der Waals surface area (Å²) < 4.78 is 0. The highest BCUT2D eigenvalue weighted by Gasteiger charge is 2.08. The van der Waals surface area contributed by atoms with Crippen LogP contribution >= 0.6 is 35.8 Å². The van der Waals surface area contributed by atoms with Crippen LogP contribution in [0.25, 0.3) is 0 Å². The van der Waals surface area contributed by atoms with Gasteiger partial charge in [-0.3, -0.25) is 4.79 Å². The first-order chi connectivity index (χ1) is 5.13. The lowest BCUT2D eigenvalue weighted by Crippen LogP contribution is -1.89. The minimum absolute atomic E-state index is 0.292. The van der Waals surface area contributed by atoms with Gasteiger partial charge in [0, 0.05) is 4.90 Å². The Balaban J connectivity index is 3.27. The van der Waals surface area contributed by atoms with Crippen LogP contribution in [-0.2, 0) is 0 Å². The van der Waals surface area contributed by atoms with Gasteiger partial charge in [-0.2, -0.15) is 0 Å². The predicted molar refractivity (Wildman–Crippen MR) is 48.9 cm³/mol. The van der Waals surface area contributed by atoms with Crippen molar-refractivity contribution in [2.45, 2.75) is 4.90 Å². The van der Waals surface area contributed by atoms with E-state index < -0.39 is 5.24 Å². The summed E-state index contributed by atoms with van der Waals surface area (Å²) in [5.74, 6) is 0. The molecule has 0 unspecified atom stereocenters. The number of carbonyl (C=O) groups is 1. The Morgan fingerprint density at radius 3 is 2.55 bits per heavy atom. The molecule has 0 aliphatic heterocycles. The maximum absolute atomic E-state index is 10.7. The molecule has 0 aliphatic carbocycles. The molecule has 0 saturated carbocycles. The molecule has 1 rings (SSSR count). The van der Waals surface area contributed by atoms with E-state index in [-0.39, 0.29) is 0 Å². The zero-order valence-electron chi connectivity index (χ0n) is 5.34. The van der Waals surface area contributed by atoms with Gasteiger partial charge in [0.2, 0.25) is 0 Å². The zero-order chi connectivity index (χ0) is 8.43. The lowest BCUT2D eigenvalue weighted by Gasteiger charge is -1.99. The molecular weight excluding hydrogens is 203 g/mol. The van der Waals surface area contributed by atoms with Gasteiger partial charge in [0.05, 0.1) is 10.6 Å². The van der Waals surface area contributed by atoms with Crippen LogP contribution in [0.1, 0.15) is 10.4 Å². The summed E-state index contributed by atoms with van der Waals surface area (Å²) in [6.07, 6.45) is 0. The molecule has 0 N–H and O–H groups in total. The lowest BCUT2D eigenvalue weighted by molar-refractivity contribution is 0.108. The summed E-state index contributed by atoms with van der Waals surface area (Å²) in [5.41, 5.74) is 0.292. The number of thiol groups is 1. The zero-order valence-corrected chi connectivity index (χ0v) is 7.75. The van der Waals surface area contributed by atoms with Gasteiger partial charge < -0.3 is 0 Å². The van der Waals surface area contributed by atoms with Gasteiger partial charge in [-0.05, 0) is 23.7 Å². The van der Waals surface area contributed by atoms with Crippen molar-refractivity contribution in [1.29, 1.82) is 0 Å². The predicted octanol–water partition coefficient (Wildman–Crippen LogP) is 3.01. The number of benzene rings is 1. The van der Waals surface area contributed by atoms with Crippen LogP contribution in [0.2, 0.25) is 5.02 Å². The van der Waals surface area contributed by atoms with Crippen LogP contribution in [0.4, 0.5) is 0 Å². The fourth-order valence-electron chi connectivity index (χ4n) is 0.672. The van der Waals surface area contributed by atoms with Gasteiger partial charge in [-0.1, -0.05) is 17.7 Å². The molecule has 4 heteroatoms. The Hall–Kier alpha value is -0.180. The van der Waals surface area contributed by atoms with Crippen molar-refractivity contribution in [3.05, 3.63) is 28.8 Å². The third-order valence-electron chi connectivity index (χ3n) is 1.19. The molecule has 1 nitrogen and oxygen atoms in total. The third kappa shape index (κ3) is 1.89. The number of carbonyl (C=O) groups excluding carboxylic acids is 1. The first-order valence-electron chi connectivity index (χ1n) is 2.80. The van der Waals surface area contributed by atoms with E-state index in [2.05, 4.69) is 12.6 Å². The van der Waals surface area contributed by atoms with E-state index in [1.165, 1.54) is 0 Å². The highest BCUT2D eigenvalue weighted by molar-refractivity contribution is 7.80. The summed E-state index contributed by atoms with van der Waals surface area (Å²) in [6, 6.07) is 4.91. The first kappa shape index (κ1) is 8.91. The minimum Gasteiger partial charge on any atom is -0.276 e. The molecule has 0 bridgehead atoms. The Labute approximate surface area is 79.7 Å². The van der Waals surface area contributed by atoms with Crippen LogP contribution in [0.15, 0.2) is 23.1 Å². The second-order valence-corrected chi connectivity index (χ2v) is 3.12. The monoisotopic (exact) mass is 206 g/mol. The van der Waals surface area contributed by atoms with Crippen LogP contribution in [0, 0.1) is 0 Å². The summed E-state index contributed by atoms with van der Waals surface area (Å²) in [5, 5.41) is -0.262. The second-order valence-electron chi connectivity index (χ2n) is 1.91. The Morgan fingerprint density at radius 1 is 1.45 bits per heavy atom. The van der Waals surface area contributed by atoms with Gasteiger partial charge >= 0.3 is 0 Å². The summed E-state index contributed by atoms with van der Waals surface area (Å²) in [4.78, 5) is 11.2. The van der Waals surface area contributed by atoms with Crippen molar-refractivity contribution >= 4 is 41.1 Å². The SMILES string of the molecule is O=C(Cl)c1cccc(S)c1Cl. The quantitative estimate of drug-likeness (QED) is 0.553. The van der Waals surface area contributed by atoms with Crippen molar-refractivity contribution < 1.29 is 4.79 Å². The van der Waals surface area contributed by atoms with Crippen LogP contribution in [-0.4, -0.2) is 5.24 Å². The Morgan fingerprint density at radius 2 is 2.09 bits per heavy atom. The van der Waals surface area contributed by atoms with E-state index in [1.807, 2.05) is 0 Å². The average molecular weight is 207 g/mol. The third-order valence-corrected chi connectivity index (χ3v) is 2.31. The first-order valence-corrected chi connectivity index (χ1v) is 4.00. The molecule has 0 atom stereocenters. The second kappa shape index (κ2) is 3.48. The van der Waals surface area contributed by atoms with Gasteiger partial charge in [-0.15, -0.1) is 12.6 Å². The van der Waals surface area contributed by atoms with E-state index in [9.17, 15) is 4.79 Å². The topological polar surface area (TPSA) is 17.1 Å². The molecule has 1 aromatic carbocycles. The van der Waals surface area contributed by atoms with Crippen molar-refractivity contribution in [1.82, 2.24) is 0 Å². The normalized spacial score (nSPS) is 9.73. The molecule has 0 saturated heterocycles. The fraction of sp³-hybridized carbons (Fsp3) is 0. The summed E-state index contributed by atoms with van der Waals surface area (Å²) in [7, 11) is 0. The van der Waals surface area contributed by atoms with E-state index in [0.29, 0.717) is 15.5 Å². The molecule has 0 amide bonds. The Bertz CT molecular complexity index is 298. The van der Waals surface area contributed by atoms with Gasteiger partial charge in [-0.25, -0.2) is 0 Å². The maximum Gasteiger partial charge on any atom is 0.253 e. The van der Waals surface area contributed by atoms with Crippen LogP contribution in [0.3, 0.4) is 0 Å². The molecule has 0 fully saturated rings. The van der Waals surface area contributed by atoms with Crippen LogP contribution in [0.5, 0.6) is 0 Å².